The predicted octanol–water partition coefficient (Wildman–Crippen LogP) is 4.43. The Morgan fingerprint density at radius 1 is 1.03 bits per heavy atom. The van der Waals surface area contributed by atoms with Crippen molar-refractivity contribution in [2.45, 2.75) is 33.6 Å². The lowest BCUT2D eigenvalue weighted by Crippen LogP contribution is -2.14. The molecule has 0 aliphatic heterocycles. The minimum atomic E-state index is -0.470. The van der Waals surface area contributed by atoms with Gasteiger partial charge >= 0.3 is 5.97 Å². The number of anilines is 1. The van der Waals surface area contributed by atoms with E-state index in [-0.39, 0.29) is 18.2 Å². The summed E-state index contributed by atoms with van der Waals surface area (Å²) in [6, 6.07) is 16.8. The molecule has 0 aliphatic carbocycles. The van der Waals surface area contributed by atoms with Gasteiger partial charge in [0.1, 0.15) is 0 Å². The number of carbonyl (C=O) groups excluding carboxylic acids is 2. The number of hydrogen-bond acceptors (Lipinski definition) is 6. The molecule has 0 saturated carbocycles. The molecule has 1 N–H and O–H groups in total. The first kappa shape index (κ1) is 23.2. The van der Waals surface area contributed by atoms with E-state index in [9.17, 15) is 9.59 Å². The molecule has 9 nitrogen and oxygen atoms in total. The standard InChI is InChI=1S/C27H26N6O3/c1-4-36-27(35)24-14-15-32(30-24)20-9-7-8-19(16-20)29-25(34)13-12-21-17(2)28-26-22-10-5-6-11-23(22)31-33(26)18(21)3/h5-11,14-16H,4,12-13H2,1-3H3,(H,29,34). The largest absolute Gasteiger partial charge is 0.461 e. The first-order chi connectivity index (χ1) is 17.4. The normalized spacial score (nSPS) is 11.2. The summed E-state index contributed by atoms with van der Waals surface area (Å²) >= 11 is 0. The number of amides is 1. The molecule has 3 heterocycles. The molecule has 0 aliphatic rings. The zero-order valence-corrected chi connectivity index (χ0v) is 20.4. The van der Waals surface area contributed by atoms with Gasteiger partial charge in [-0.25, -0.2) is 19.0 Å². The summed E-state index contributed by atoms with van der Waals surface area (Å²) in [6.07, 6.45) is 2.53. The van der Waals surface area contributed by atoms with E-state index in [1.54, 1.807) is 29.9 Å². The number of aromatic nitrogens is 5. The number of fused-ring (bicyclic) bond motifs is 3. The number of benzene rings is 2. The molecule has 5 rings (SSSR count). The van der Waals surface area contributed by atoms with E-state index in [1.165, 1.54) is 0 Å². The van der Waals surface area contributed by atoms with E-state index in [2.05, 4.69) is 15.5 Å². The van der Waals surface area contributed by atoms with Gasteiger partial charge in [0.25, 0.3) is 0 Å². The van der Waals surface area contributed by atoms with Crippen molar-refractivity contribution < 1.29 is 14.3 Å². The lowest BCUT2D eigenvalue weighted by Gasteiger charge is -2.12. The first-order valence-corrected chi connectivity index (χ1v) is 11.8. The molecular weight excluding hydrogens is 456 g/mol. The summed E-state index contributed by atoms with van der Waals surface area (Å²) in [7, 11) is 0. The van der Waals surface area contributed by atoms with Crippen LogP contribution in [-0.4, -0.2) is 42.9 Å². The van der Waals surface area contributed by atoms with Crippen molar-refractivity contribution in [3.8, 4) is 5.69 Å². The predicted molar refractivity (Wildman–Crippen MR) is 136 cm³/mol. The second-order valence-electron chi connectivity index (χ2n) is 8.48. The SMILES string of the molecule is CCOC(=O)c1ccn(-c2cccc(NC(=O)CCc3c(C)nc4c5ccccc5nn4c3C)c2)n1. The number of carbonyl (C=O) groups is 2. The van der Waals surface area contributed by atoms with Gasteiger partial charge in [-0.3, -0.25) is 4.79 Å². The number of nitrogens with zero attached hydrogens (tertiary/aromatic N) is 5. The molecular formula is C27H26N6O3. The van der Waals surface area contributed by atoms with Crippen LogP contribution >= 0.6 is 0 Å². The summed E-state index contributed by atoms with van der Waals surface area (Å²) in [5.74, 6) is -0.577. The van der Waals surface area contributed by atoms with Gasteiger partial charge in [-0.05, 0) is 69.2 Å². The van der Waals surface area contributed by atoms with E-state index >= 15 is 0 Å². The second kappa shape index (κ2) is 9.61. The maximum absolute atomic E-state index is 12.8. The highest BCUT2D eigenvalue weighted by atomic mass is 16.5. The number of rotatable bonds is 7. The quantitative estimate of drug-likeness (QED) is 0.344. The Kier molecular flexibility index (Phi) is 6.20. The third-order valence-electron chi connectivity index (χ3n) is 6.09. The molecule has 0 atom stereocenters. The van der Waals surface area contributed by atoms with E-state index in [1.807, 2.05) is 60.8 Å². The van der Waals surface area contributed by atoms with Crippen molar-refractivity contribution in [1.82, 2.24) is 24.4 Å². The molecule has 0 spiro atoms. The monoisotopic (exact) mass is 482 g/mol. The van der Waals surface area contributed by atoms with Gasteiger partial charge in [-0.2, -0.15) is 10.2 Å². The average Bonchev–Trinajstić information content (AvgIpc) is 3.50. The Labute approximate surface area is 207 Å². The minimum Gasteiger partial charge on any atom is -0.461 e. The van der Waals surface area contributed by atoms with Gasteiger partial charge < -0.3 is 10.1 Å². The molecule has 0 saturated heterocycles. The van der Waals surface area contributed by atoms with E-state index in [4.69, 9.17) is 9.72 Å². The van der Waals surface area contributed by atoms with Crippen LogP contribution in [0.2, 0.25) is 0 Å². The first-order valence-electron chi connectivity index (χ1n) is 11.8. The molecule has 0 radical (unpaired) electrons. The molecule has 0 fully saturated rings. The molecule has 3 aromatic heterocycles. The molecule has 2 aromatic carbocycles. The van der Waals surface area contributed by atoms with Crippen LogP contribution in [0.1, 0.15) is 40.8 Å². The summed E-state index contributed by atoms with van der Waals surface area (Å²) in [5, 5.41) is 12.9. The van der Waals surface area contributed by atoms with Crippen LogP contribution in [0.15, 0.2) is 60.8 Å². The van der Waals surface area contributed by atoms with Gasteiger partial charge in [0.15, 0.2) is 11.3 Å². The number of hydrogen-bond donors (Lipinski definition) is 1. The van der Waals surface area contributed by atoms with E-state index in [0.29, 0.717) is 18.5 Å². The van der Waals surface area contributed by atoms with Crippen LogP contribution in [0.25, 0.3) is 22.2 Å². The highest BCUT2D eigenvalue weighted by molar-refractivity contribution is 5.93. The lowest BCUT2D eigenvalue weighted by atomic mass is 10.1. The van der Waals surface area contributed by atoms with E-state index in [0.717, 1.165) is 39.2 Å². The molecule has 5 aromatic rings. The Hall–Kier alpha value is -4.53. The summed E-state index contributed by atoms with van der Waals surface area (Å²) < 4.78 is 8.43. The van der Waals surface area contributed by atoms with Crippen molar-refractivity contribution >= 4 is 34.1 Å². The van der Waals surface area contributed by atoms with Crippen molar-refractivity contribution in [2.75, 3.05) is 11.9 Å². The lowest BCUT2D eigenvalue weighted by molar-refractivity contribution is -0.116. The Balaban J connectivity index is 1.29. The van der Waals surface area contributed by atoms with Crippen LogP contribution < -0.4 is 5.32 Å². The number of nitrogens with one attached hydrogen (secondary N) is 1. The third kappa shape index (κ3) is 4.43. The molecule has 1 amide bonds. The molecule has 9 heteroatoms. The molecule has 182 valence electrons. The van der Waals surface area contributed by atoms with Crippen molar-refractivity contribution in [2.24, 2.45) is 0 Å². The topological polar surface area (TPSA) is 103 Å². The van der Waals surface area contributed by atoms with Crippen LogP contribution in [0, 0.1) is 13.8 Å². The summed E-state index contributed by atoms with van der Waals surface area (Å²) in [6.45, 7) is 6.02. The van der Waals surface area contributed by atoms with Gasteiger partial charge in [0.05, 0.1) is 17.8 Å². The van der Waals surface area contributed by atoms with Crippen molar-refractivity contribution in [1.29, 1.82) is 0 Å². The fourth-order valence-corrected chi connectivity index (χ4v) is 4.31. The maximum Gasteiger partial charge on any atom is 0.358 e. The van der Waals surface area contributed by atoms with Crippen molar-refractivity contribution in [3.63, 3.8) is 0 Å². The number of ether oxygens (including phenoxy) is 1. The van der Waals surface area contributed by atoms with Crippen LogP contribution in [0.3, 0.4) is 0 Å². The van der Waals surface area contributed by atoms with Crippen molar-refractivity contribution in [3.05, 3.63) is 83.4 Å². The average molecular weight is 483 g/mol. The second-order valence-corrected chi connectivity index (χ2v) is 8.48. The van der Waals surface area contributed by atoms with Gasteiger partial charge in [0, 0.05) is 35.1 Å². The fourth-order valence-electron chi connectivity index (χ4n) is 4.31. The summed E-state index contributed by atoms with van der Waals surface area (Å²) in [5.41, 5.74) is 6.22. The third-order valence-corrected chi connectivity index (χ3v) is 6.09. The fraction of sp³-hybridized carbons (Fsp3) is 0.222. The van der Waals surface area contributed by atoms with Crippen LogP contribution in [0.4, 0.5) is 5.69 Å². The van der Waals surface area contributed by atoms with E-state index < -0.39 is 5.97 Å². The smallest absolute Gasteiger partial charge is 0.358 e. The Morgan fingerprint density at radius 3 is 2.69 bits per heavy atom. The molecule has 0 unspecified atom stereocenters. The van der Waals surface area contributed by atoms with Crippen LogP contribution in [-0.2, 0) is 16.0 Å². The maximum atomic E-state index is 12.8. The minimum absolute atomic E-state index is 0.107. The highest BCUT2D eigenvalue weighted by Crippen LogP contribution is 2.23. The van der Waals surface area contributed by atoms with Gasteiger partial charge in [0.2, 0.25) is 5.91 Å². The molecule has 36 heavy (non-hydrogen) atoms. The van der Waals surface area contributed by atoms with Crippen LogP contribution in [0.5, 0.6) is 0 Å². The zero-order valence-electron chi connectivity index (χ0n) is 20.4. The van der Waals surface area contributed by atoms with Gasteiger partial charge in [-0.1, -0.05) is 18.2 Å². The molecule has 0 bridgehead atoms. The number of aryl methyl sites for hydroxylation is 2. The Morgan fingerprint density at radius 2 is 1.86 bits per heavy atom. The van der Waals surface area contributed by atoms with Gasteiger partial charge in [-0.15, -0.1) is 0 Å². The Bertz CT molecular complexity index is 1600. The highest BCUT2D eigenvalue weighted by Gasteiger charge is 2.15. The summed E-state index contributed by atoms with van der Waals surface area (Å²) in [4.78, 5) is 29.5. The number of esters is 1. The zero-order chi connectivity index (χ0) is 25.2.